The first kappa shape index (κ1) is 21.1. The smallest absolute Gasteiger partial charge is 0.203 e. The third kappa shape index (κ3) is 3.94. The van der Waals surface area contributed by atoms with E-state index in [-0.39, 0.29) is 6.04 Å². The summed E-state index contributed by atoms with van der Waals surface area (Å²) in [5, 5.41) is 0. The summed E-state index contributed by atoms with van der Waals surface area (Å²) in [7, 11) is 12.8. The topological polar surface area (TPSA) is 46.2 Å². The van der Waals surface area contributed by atoms with Gasteiger partial charge in [0.15, 0.2) is 23.0 Å². The van der Waals surface area contributed by atoms with Crippen LogP contribution in [0.2, 0.25) is 0 Å². The van der Waals surface area contributed by atoms with Gasteiger partial charge in [-0.3, -0.25) is 0 Å². The Morgan fingerprint density at radius 3 is 1.83 bits per heavy atom. The van der Waals surface area contributed by atoms with Gasteiger partial charge in [-0.1, -0.05) is 0 Å². The second kappa shape index (κ2) is 8.41. The van der Waals surface area contributed by atoms with Gasteiger partial charge in [-0.05, 0) is 35.4 Å². The average Bonchev–Trinajstić information content (AvgIpc) is 2.73. The van der Waals surface area contributed by atoms with Crippen molar-refractivity contribution in [2.45, 2.75) is 18.9 Å². The molecule has 3 rings (SSSR count). The van der Waals surface area contributed by atoms with Gasteiger partial charge in [-0.15, -0.1) is 0 Å². The molecule has 1 unspecified atom stereocenters. The van der Waals surface area contributed by atoms with E-state index in [1.165, 1.54) is 11.1 Å². The molecule has 6 nitrogen and oxygen atoms in total. The minimum atomic E-state index is 0.265. The van der Waals surface area contributed by atoms with Crippen LogP contribution in [-0.2, 0) is 12.8 Å². The fraction of sp³-hybridized carbons (Fsp3) is 0.478. The summed E-state index contributed by atoms with van der Waals surface area (Å²) in [6.07, 6.45) is 1.85. The summed E-state index contributed by atoms with van der Waals surface area (Å²) in [5.74, 6) is 3.52. The molecule has 158 valence electrons. The van der Waals surface area contributed by atoms with Gasteiger partial charge in [0.25, 0.3) is 0 Å². The molecule has 1 atom stereocenters. The zero-order chi connectivity index (χ0) is 21.2. The highest BCUT2D eigenvalue weighted by atomic mass is 16.5. The van der Waals surface area contributed by atoms with Crippen LogP contribution in [0.4, 0.5) is 0 Å². The van der Waals surface area contributed by atoms with E-state index in [0.29, 0.717) is 17.2 Å². The van der Waals surface area contributed by atoms with E-state index in [1.807, 2.05) is 12.1 Å². The Bertz CT molecular complexity index is 853. The number of hydrogen-bond acceptors (Lipinski definition) is 5. The van der Waals surface area contributed by atoms with E-state index in [9.17, 15) is 0 Å². The molecular weight excluding hydrogens is 370 g/mol. The first-order valence-electron chi connectivity index (χ1n) is 9.74. The minimum Gasteiger partial charge on any atom is -0.493 e. The molecule has 2 aromatic carbocycles. The first-order valence-corrected chi connectivity index (χ1v) is 9.74. The van der Waals surface area contributed by atoms with Crippen molar-refractivity contribution in [3.8, 4) is 28.7 Å². The molecule has 0 bridgehead atoms. The highest BCUT2D eigenvalue weighted by molar-refractivity contribution is 5.54. The maximum atomic E-state index is 5.58. The van der Waals surface area contributed by atoms with Crippen LogP contribution in [0.5, 0.6) is 28.7 Å². The van der Waals surface area contributed by atoms with Crippen molar-refractivity contribution >= 4 is 0 Å². The van der Waals surface area contributed by atoms with Crippen LogP contribution < -0.4 is 23.7 Å². The molecule has 0 aliphatic carbocycles. The summed E-state index contributed by atoms with van der Waals surface area (Å²) in [6, 6.07) is 8.60. The molecule has 0 fully saturated rings. The zero-order valence-electron chi connectivity index (χ0n) is 18.5. The summed E-state index contributed by atoms with van der Waals surface area (Å²) in [5.41, 5.74) is 3.75. The van der Waals surface area contributed by atoms with Crippen LogP contribution in [0.3, 0.4) is 0 Å². The number of likely N-dealkylation sites (N-methyl/N-ethyl adjacent to an activating group) is 1. The largest absolute Gasteiger partial charge is 0.493 e. The molecule has 2 aromatic rings. The monoisotopic (exact) mass is 402 g/mol. The van der Waals surface area contributed by atoms with Crippen molar-refractivity contribution in [2.24, 2.45) is 0 Å². The predicted molar refractivity (Wildman–Crippen MR) is 113 cm³/mol. The van der Waals surface area contributed by atoms with Crippen molar-refractivity contribution < 1.29 is 28.2 Å². The Morgan fingerprint density at radius 1 is 0.759 bits per heavy atom. The van der Waals surface area contributed by atoms with Crippen molar-refractivity contribution in [1.82, 2.24) is 0 Å². The number of methoxy groups -OCH3 is 5. The van der Waals surface area contributed by atoms with Gasteiger partial charge in [0.05, 0.1) is 56.2 Å². The molecule has 29 heavy (non-hydrogen) atoms. The molecule has 1 aliphatic rings. The maximum Gasteiger partial charge on any atom is 0.203 e. The second-order valence-corrected chi connectivity index (χ2v) is 7.91. The Hall–Kier alpha value is -2.60. The third-order valence-electron chi connectivity index (χ3n) is 5.96. The molecule has 0 amide bonds. The molecule has 0 saturated heterocycles. The van der Waals surface area contributed by atoms with Crippen LogP contribution >= 0.6 is 0 Å². The lowest BCUT2D eigenvalue weighted by atomic mass is 9.86. The SMILES string of the molecule is COc1cc2c(cc1OC)C(Cc1cc(OC)c(OC)c(OC)c1)[N+](C)(C)CC2. The number of ether oxygens (including phenoxy) is 5. The number of nitrogens with zero attached hydrogens (tertiary/aromatic N) is 1. The quantitative estimate of drug-likeness (QED) is 0.662. The lowest BCUT2D eigenvalue weighted by Crippen LogP contribution is -2.48. The summed E-state index contributed by atoms with van der Waals surface area (Å²) in [6.45, 7) is 1.05. The van der Waals surface area contributed by atoms with E-state index in [0.717, 1.165) is 40.9 Å². The molecule has 1 aliphatic heterocycles. The van der Waals surface area contributed by atoms with Gasteiger partial charge in [-0.2, -0.15) is 0 Å². The van der Waals surface area contributed by atoms with E-state index in [4.69, 9.17) is 23.7 Å². The average molecular weight is 403 g/mol. The van der Waals surface area contributed by atoms with Crippen LogP contribution in [0, 0.1) is 0 Å². The predicted octanol–water partition coefficient (Wildman–Crippen LogP) is 3.65. The highest BCUT2D eigenvalue weighted by Crippen LogP contribution is 2.44. The van der Waals surface area contributed by atoms with Gasteiger partial charge in [0.1, 0.15) is 6.04 Å². The van der Waals surface area contributed by atoms with Crippen molar-refractivity contribution in [3.63, 3.8) is 0 Å². The molecule has 0 spiro atoms. The number of quaternary nitrogens is 1. The molecule has 6 heteroatoms. The number of benzene rings is 2. The normalized spacial score (nSPS) is 17.3. The number of hydrogen-bond donors (Lipinski definition) is 0. The van der Waals surface area contributed by atoms with Crippen molar-refractivity contribution in [1.29, 1.82) is 0 Å². The Balaban J connectivity index is 2.07. The standard InChI is InChI=1S/C23H32NO5/c1-24(2)9-8-16-13-19(25-3)20(26-4)14-17(16)18(24)10-15-11-21(27-5)23(29-7)22(12-15)28-6/h11-14,18H,8-10H2,1-7H3/q+1. The lowest BCUT2D eigenvalue weighted by molar-refractivity contribution is -0.923. The van der Waals surface area contributed by atoms with Gasteiger partial charge in [0, 0.05) is 18.4 Å². The van der Waals surface area contributed by atoms with Gasteiger partial charge >= 0.3 is 0 Å². The zero-order valence-corrected chi connectivity index (χ0v) is 18.5. The molecular formula is C23H32NO5+. The maximum absolute atomic E-state index is 5.58. The van der Waals surface area contributed by atoms with Gasteiger partial charge in [0.2, 0.25) is 5.75 Å². The molecule has 0 saturated carbocycles. The Morgan fingerprint density at radius 2 is 1.31 bits per heavy atom. The second-order valence-electron chi connectivity index (χ2n) is 7.91. The van der Waals surface area contributed by atoms with E-state index in [1.54, 1.807) is 35.5 Å². The Labute approximate surface area is 173 Å². The van der Waals surface area contributed by atoms with Crippen LogP contribution in [0.15, 0.2) is 24.3 Å². The molecule has 0 aromatic heterocycles. The van der Waals surface area contributed by atoms with Gasteiger partial charge in [-0.25, -0.2) is 0 Å². The fourth-order valence-electron chi connectivity index (χ4n) is 4.24. The van der Waals surface area contributed by atoms with E-state index in [2.05, 4.69) is 26.2 Å². The van der Waals surface area contributed by atoms with Crippen LogP contribution in [-0.4, -0.2) is 60.7 Å². The van der Waals surface area contributed by atoms with Crippen molar-refractivity contribution in [3.05, 3.63) is 41.0 Å². The number of rotatable bonds is 7. The molecule has 1 heterocycles. The lowest BCUT2D eigenvalue weighted by Gasteiger charge is -2.43. The molecule has 0 N–H and O–H groups in total. The third-order valence-corrected chi connectivity index (χ3v) is 5.96. The van der Waals surface area contributed by atoms with Crippen LogP contribution in [0.25, 0.3) is 0 Å². The summed E-state index contributed by atoms with van der Waals surface area (Å²) in [4.78, 5) is 0. The Kier molecular flexibility index (Phi) is 6.13. The van der Waals surface area contributed by atoms with E-state index >= 15 is 0 Å². The van der Waals surface area contributed by atoms with Crippen LogP contribution in [0.1, 0.15) is 22.7 Å². The summed E-state index contributed by atoms with van der Waals surface area (Å²) < 4.78 is 28.6. The highest BCUT2D eigenvalue weighted by Gasteiger charge is 2.37. The van der Waals surface area contributed by atoms with Gasteiger partial charge < -0.3 is 28.2 Å². The first-order chi connectivity index (χ1) is 13.9. The van der Waals surface area contributed by atoms with E-state index < -0.39 is 0 Å². The minimum absolute atomic E-state index is 0.265. The fourth-order valence-corrected chi connectivity index (χ4v) is 4.24. The number of fused-ring (bicyclic) bond motifs is 1. The molecule has 0 radical (unpaired) electrons. The summed E-state index contributed by atoms with van der Waals surface area (Å²) >= 11 is 0. The van der Waals surface area contributed by atoms with Crippen molar-refractivity contribution in [2.75, 3.05) is 56.2 Å².